The molecule has 0 bridgehead atoms. The summed E-state index contributed by atoms with van der Waals surface area (Å²) in [6.45, 7) is 3.72. The SMILES string of the molecule is COC(=O)c1c(OCc2cccc(C(=O)NC(C)C)c2)nsc1S(C)(=O)=O. The van der Waals surface area contributed by atoms with Gasteiger partial charge in [0.1, 0.15) is 6.61 Å². The Bertz CT molecular complexity index is 950. The zero-order valence-corrected chi connectivity index (χ0v) is 16.9. The lowest BCUT2D eigenvalue weighted by Crippen LogP contribution is -2.30. The monoisotopic (exact) mass is 412 g/mol. The van der Waals surface area contributed by atoms with Crippen molar-refractivity contribution in [3.8, 4) is 5.88 Å². The number of amides is 1. The maximum atomic E-state index is 12.1. The van der Waals surface area contributed by atoms with Crippen LogP contribution in [0.4, 0.5) is 0 Å². The first-order valence-corrected chi connectivity index (χ1v) is 10.6. The van der Waals surface area contributed by atoms with E-state index in [1.807, 2.05) is 13.8 Å². The third-order valence-corrected chi connectivity index (χ3v) is 5.98. The van der Waals surface area contributed by atoms with Crippen LogP contribution in [0.3, 0.4) is 0 Å². The molecule has 0 atom stereocenters. The van der Waals surface area contributed by atoms with Crippen molar-refractivity contribution < 1.29 is 27.5 Å². The van der Waals surface area contributed by atoms with Gasteiger partial charge >= 0.3 is 5.97 Å². The van der Waals surface area contributed by atoms with E-state index in [0.29, 0.717) is 22.7 Å². The van der Waals surface area contributed by atoms with Crippen LogP contribution in [0.1, 0.15) is 40.1 Å². The van der Waals surface area contributed by atoms with Gasteiger partial charge in [-0.15, -0.1) is 0 Å². The second-order valence-electron chi connectivity index (χ2n) is 6.03. The minimum Gasteiger partial charge on any atom is -0.472 e. The summed E-state index contributed by atoms with van der Waals surface area (Å²) in [4.78, 5) is 24.1. The van der Waals surface area contributed by atoms with Gasteiger partial charge in [0.15, 0.2) is 19.6 Å². The van der Waals surface area contributed by atoms with Gasteiger partial charge in [0.25, 0.3) is 5.91 Å². The molecule has 0 unspecified atom stereocenters. The second-order valence-corrected chi connectivity index (χ2v) is 9.02. The topological polar surface area (TPSA) is 112 Å². The van der Waals surface area contributed by atoms with Crippen LogP contribution in [-0.4, -0.2) is 44.1 Å². The highest BCUT2D eigenvalue weighted by atomic mass is 32.2. The van der Waals surface area contributed by atoms with Crippen molar-refractivity contribution in [1.29, 1.82) is 0 Å². The molecule has 10 heteroatoms. The number of hydrogen-bond acceptors (Lipinski definition) is 8. The maximum Gasteiger partial charge on any atom is 0.345 e. The summed E-state index contributed by atoms with van der Waals surface area (Å²) in [7, 11) is -2.51. The van der Waals surface area contributed by atoms with Gasteiger partial charge in [0.2, 0.25) is 5.88 Å². The number of nitrogens with one attached hydrogen (secondary N) is 1. The summed E-state index contributed by atoms with van der Waals surface area (Å²) < 4.78 is 37.6. The average Bonchev–Trinajstić information content (AvgIpc) is 3.03. The Morgan fingerprint density at radius 2 is 2.00 bits per heavy atom. The van der Waals surface area contributed by atoms with Crippen molar-refractivity contribution in [3.05, 3.63) is 41.0 Å². The smallest absolute Gasteiger partial charge is 0.345 e. The lowest BCUT2D eigenvalue weighted by atomic mass is 10.1. The lowest BCUT2D eigenvalue weighted by molar-refractivity contribution is 0.0591. The molecule has 0 fully saturated rings. The summed E-state index contributed by atoms with van der Waals surface area (Å²) in [5.41, 5.74) is 0.905. The molecular weight excluding hydrogens is 392 g/mol. The van der Waals surface area contributed by atoms with Crippen LogP contribution in [0.15, 0.2) is 28.5 Å². The molecule has 1 N–H and O–H groups in total. The van der Waals surface area contributed by atoms with Gasteiger partial charge in [-0.2, -0.15) is 4.37 Å². The molecule has 1 aromatic carbocycles. The number of nitrogens with zero attached hydrogens (tertiary/aromatic N) is 1. The maximum absolute atomic E-state index is 12.1. The van der Waals surface area contributed by atoms with Crippen LogP contribution in [0.25, 0.3) is 0 Å². The number of aromatic nitrogens is 1. The predicted molar refractivity (Wildman–Crippen MR) is 99.9 cm³/mol. The first-order valence-electron chi connectivity index (χ1n) is 7.94. The summed E-state index contributed by atoms with van der Waals surface area (Å²) >= 11 is 0.649. The fraction of sp³-hybridized carbons (Fsp3) is 0.353. The van der Waals surface area contributed by atoms with Crippen molar-refractivity contribution in [1.82, 2.24) is 9.69 Å². The molecule has 0 aliphatic rings. The van der Waals surface area contributed by atoms with E-state index in [2.05, 4.69) is 14.4 Å². The molecule has 2 aromatic rings. The summed E-state index contributed by atoms with van der Waals surface area (Å²) in [5.74, 6) is -1.18. The van der Waals surface area contributed by atoms with Gasteiger partial charge in [0.05, 0.1) is 7.11 Å². The van der Waals surface area contributed by atoms with Gasteiger partial charge in [-0.1, -0.05) is 12.1 Å². The fourth-order valence-electron chi connectivity index (χ4n) is 2.19. The standard InChI is InChI=1S/C17H20N2O6S2/c1-10(2)18-14(20)12-7-5-6-11(8-12)9-25-15-13(16(21)24-3)17(26-19-15)27(4,22)23/h5-8,10H,9H2,1-4H3,(H,18,20). The molecular formula is C17H20N2O6S2. The summed E-state index contributed by atoms with van der Waals surface area (Å²) in [6, 6.07) is 6.78. The molecule has 1 aromatic heterocycles. The molecule has 0 aliphatic heterocycles. The van der Waals surface area contributed by atoms with E-state index in [9.17, 15) is 18.0 Å². The highest BCUT2D eigenvalue weighted by molar-refractivity contribution is 7.92. The molecule has 8 nitrogen and oxygen atoms in total. The van der Waals surface area contributed by atoms with Crippen molar-refractivity contribution in [3.63, 3.8) is 0 Å². The fourth-order valence-corrected chi connectivity index (χ4v) is 3.95. The quantitative estimate of drug-likeness (QED) is 0.693. The molecule has 0 saturated carbocycles. The van der Waals surface area contributed by atoms with E-state index >= 15 is 0 Å². The van der Waals surface area contributed by atoms with Gasteiger partial charge in [-0.3, -0.25) is 4.79 Å². The highest BCUT2D eigenvalue weighted by Gasteiger charge is 2.29. The Morgan fingerprint density at radius 3 is 2.59 bits per heavy atom. The highest BCUT2D eigenvalue weighted by Crippen LogP contribution is 2.30. The van der Waals surface area contributed by atoms with Crippen LogP contribution in [-0.2, 0) is 21.2 Å². The molecule has 1 heterocycles. The van der Waals surface area contributed by atoms with Crippen LogP contribution in [0.5, 0.6) is 5.88 Å². The van der Waals surface area contributed by atoms with E-state index in [1.165, 1.54) is 0 Å². The zero-order valence-electron chi connectivity index (χ0n) is 15.3. The number of ether oxygens (including phenoxy) is 2. The summed E-state index contributed by atoms with van der Waals surface area (Å²) in [5, 5.41) is 2.79. The Morgan fingerprint density at radius 1 is 1.30 bits per heavy atom. The first kappa shape index (κ1) is 20.8. The lowest BCUT2D eigenvalue weighted by Gasteiger charge is -2.10. The number of esters is 1. The second kappa shape index (κ2) is 8.49. The molecule has 2 rings (SSSR count). The largest absolute Gasteiger partial charge is 0.472 e. The molecule has 146 valence electrons. The van der Waals surface area contributed by atoms with Gasteiger partial charge < -0.3 is 14.8 Å². The normalized spacial score (nSPS) is 11.3. The van der Waals surface area contributed by atoms with Crippen LogP contribution in [0.2, 0.25) is 0 Å². The molecule has 27 heavy (non-hydrogen) atoms. The van der Waals surface area contributed by atoms with Crippen molar-refractivity contribution >= 4 is 33.2 Å². The van der Waals surface area contributed by atoms with E-state index in [4.69, 9.17) is 4.74 Å². The molecule has 0 radical (unpaired) electrons. The van der Waals surface area contributed by atoms with E-state index < -0.39 is 15.8 Å². The van der Waals surface area contributed by atoms with Crippen LogP contribution in [0, 0.1) is 0 Å². The third-order valence-electron chi connectivity index (χ3n) is 3.34. The Kier molecular flexibility index (Phi) is 6.55. The number of benzene rings is 1. The summed E-state index contributed by atoms with van der Waals surface area (Å²) in [6.07, 6.45) is 0.980. The van der Waals surface area contributed by atoms with Crippen molar-refractivity contribution in [2.75, 3.05) is 13.4 Å². The first-order chi connectivity index (χ1) is 12.6. The van der Waals surface area contributed by atoms with E-state index in [1.54, 1.807) is 24.3 Å². The Labute approximate surface area is 161 Å². The third kappa shape index (κ3) is 5.27. The van der Waals surface area contributed by atoms with E-state index in [-0.39, 0.29) is 34.2 Å². The zero-order chi connectivity index (χ0) is 20.2. The Hall–Kier alpha value is -2.46. The van der Waals surface area contributed by atoms with Gasteiger partial charge in [0, 0.05) is 17.9 Å². The van der Waals surface area contributed by atoms with Crippen LogP contribution < -0.4 is 10.1 Å². The average molecular weight is 412 g/mol. The minimum atomic E-state index is -3.66. The van der Waals surface area contributed by atoms with Crippen LogP contribution >= 0.6 is 11.5 Å². The van der Waals surface area contributed by atoms with E-state index in [0.717, 1.165) is 13.4 Å². The van der Waals surface area contributed by atoms with Crippen molar-refractivity contribution in [2.24, 2.45) is 0 Å². The number of carbonyl (C=O) groups is 2. The van der Waals surface area contributed by atoms with Gasteiger partial charge in [-0.05, 0) is 43.1 Å². The predicted octanol–water partition coefficient (Wildman–Crippen LogP) is 2.05. The minimum absolute atomic E-state index is 0.000270. The van der Waals surface area contributed by atoms with Crippen molar-refractivity contribution in [2.45, 2.75) is 30.7 Å². The number of rotatable bonds is 7. The molecule has 0 aliphatic carbocycles. The molecule has 0 spiro atoms. The number of sulfone groups is 1. The molecule has 0 saturated heterocycles. The number of methoxy groups -OCH3 is 1. The number of hydrogen-bond donors (Lipinski definition) is 1. The Balaban J connectivity index is 2.24. The van der Waals surface area contributed by atoms with Gasteiger partial charge in [-0.25, -0.2) is 13.2 Å². The number of carbonyl (C=O) groups excluding carboxylic acids is 2. The molecule has 1 amide bonds.